The lowest BCUT2D eigenvalue weighted by Crippen LogP contribution is -2.04. The lowest BCUT2D eigenvalue weighted by molar-refractivity contribution is 0.175. The van der Waals surface area contributed by atoms with Crippen molar-refractivity contribution in [2.75, 3.05) is 0 Å². The molecule has 2 aromatic rings. The van der Waals surface area contributed by atoms with Crippen LogP contribution in [0.4, 0.5) is 0 Å². The van der Waals surface area contributed by atoms with Crippen LogP contribution in [0.5, 0.6) is 5.75 Å². The van der Waals surface area contributed by atoms with Gasteiger partial charge < -0.3 is 9.26 Å². The van der Waals surface area contributed by atoms with Crippen molar-refractivity contribution in [3.63, 3.8) is 0 Å². The third-order valence-corrected chi connectivity index (χ3v) is 2.56. The molecule has 0 aliphatic carbocycles. The van der Waals surface area contributed by atoms with Crippen LogP contribution in [0.1, 0.15) is 44.5 Å². The molecule has 0 bridgehead atoms. The molecule has 0 saturated heterocycles. The van der Waals surface area contributed by atoms with Crippen LogP contribution in [0.25, 0.3) is 0 Å². The summed E-state index contributed by atoms with van der Waals surface area (Å²) in [6.45, 7) is 5.85. The summed E-state index contributed by atoms with van der Waals surface area (Å²) in [4.78, 5) is 8.21. The highest BCUT2D eigenvalue weighted by atomic mass is 35.5. The predicted molar refractivity (Wildman–Crippen MR) is 66.7 cm³/mol. The van der Waals surface area contributed by atoms with E-state index in [-0.39, 0.29) is 12.0 Å². The summed E-state index contributed by atoms with van der Waals surface area (Å²) >= 11 is 5.70. The molecule has 2 heterocycles. The molecule has 0 saturated carbocycles. The van der Waals surface area contributed by atoms with Gasteiger partial charge in [0.05, 0.1) is 6.20 Å². The van der Waals surface area contributed by atoms with Gasteiger partial charge in [-0.15, -0.1) is 0 Å². The van der Waals surface area contributed by atoms with E-state index >= 15 is 0 Å². The van der Waals surface area contributed by atoms with Crippen LogP contribution in [0.15, 0.2) is 22.9 Å². The first-order valence-electron chi connectivity index (χ1n) is 5.68. The van der Waals surface area contributed by atoms with Crippen molar-refractivity contribution < 1.29 is 9.26 Å². The highest BCUT2D eigenvalue weighted by molar-refractivity contribution is 6.29. The number of halogens is 1. The third-order valence-electron chi connectivity index (χ3n) is 2.33. The molecule has 0 unspecified atom stereocenters. The second-order valence-corrected chi connectivity index (χ2v) is 4.61. The Hall–Kier alpha value is -1.62. The van der Waals surface area contributed by atoms with E-state index in [1.54, 1.807) is 18.3 Å². The molecule has 0 radical (unpaired) electrons. The smallest absolute Gasteiger partial charge is 0.267 e. The largest absolute Gasteiger partial charge is 0.479 e. The maximum absolute atomic E-state index is 5.70. The van der Waals surface area contributed by atoms with Crippen LogP contribution in [0.2, 0.25) is 5.15 Å². The first-order chi connectivity index (χ1) is 8.56. The van der Waals surface area contributed by atoms with E-state index in [0.717, 1.165) is 0 Å². The number of ether oxygens (including phenoxy) is 1. The summed E-state index contributed by atoms with van der Waals surface area (Å²) in [5, 5.41) is 4.32. The number of nitrogens with zero attached hydrogens (tertiary/aromatic N) is 3. The molecule has 0 fully saturated rings. The molecule has 5 nitrogen and oxygen atoms in total. The average Bonchev–Trinajstić information content (AvgIpc) is 2.81. The number of pyridine rings is 1. The summed E-state index contributed by atoms with van der Waals surface area (Å²) in [7, 11) is 0. The van der Waals surface area contributed by atoms with Crippen LogP contribution in [0.3, 0.4) is 0 Å². The molecule has 0 aromatic carbocycles. The van der Waals surface area contributed by atoms with Gasteiger partial charge in [-0.25, -0.2) is 4.98 Å². The quantitative estimate of drug-likeness (QED) is 0.795. The minimum atomic E-state index is -0.326. The molecule has 1 atom stereocenters. The van der Waals surface area contributed by atoms with Crippen LogP contribution >= 0.6 is 11.6 Å². The van der Waals surface area contributed by atoms with Crippen LogP contribution in [-0.2, 0) is 0 Å². The summed E-state index contributed by atoms with van der Waals surface area (Å²) < 4.78 is 10.8. The lowest BCUT2D eigenvalue weighted by Gasteiger charge is -2.09. The zero-order chi connectivity index (χ0) is 13.1. The average molecular weight is 268 g/mol. The Morgan fingerprint density at radius 3 is 2.61 bits per heavy atom. The predicted octanol–water partition coefficient (Wildman–Crippen LogP) is 3.38. The number of rotatable bonds is 4. The molecule has 0 aliphatic heterocycles. The Morgan fingerprint density at radius 2 is 2.06 bits per heavy atom. The van der Waals surface area contributed by atoms with E-state index in [1.165, 1.54) is 0 Å². The molecule has 0 spiro atoms. The number of hydrogen-bond donors (Lipinski definition) is 0. The van der Waals surface area contributed by atoms with E-state index in [4.69, 9.17) is 20.9 Å². The normalized spacial score (nSPS) is 12.7. The highest BCUT2D eigenvalue weighted by Gasteiger charge is 2.17. The van der Waals surface area contributed by atoms with Gasteiger partial charge in [-0.2, -0.15) is 4.98 Å². The van der Waals surface area contributed by atoms with E-state index in [2.05, 4.69) is 15.1 Å². The van der Waals surface area contributed by atoms with Crippen LogP contribution in [0, 0.1) is 0 Å². The van der Waals surface area contributed by atoms with Crippen molar-refractivity contribution in [1.82, 2.24) is 15.1 Å². The van der Waals surface area contributed by atoms with Gasteiger partial charge in [-0.3, -0.25) is 0 Å². The fourth-order valence-electron chi connectivity index (χ4n) is 1.33. The maximum Gasteiger partial charge on any atom is 0.267 e. The van der Waals surface area contributed by atoms with E-state index in [0.29, 0.717) is 22.6 Å². The molecule has 2 aromatic heterocycles. The molecule has 18 heavy (non-hydrogen) atoms. The monoisotopic (exact) mass is 267 g/mol. The molecule has 96 valence electrons. The topological polar surface area (TPSA) is 61.0 Å². The SMILES string of the molecule is CC(C)c1noc([C@H](C)Oc2ccc(Cl)nc2)n1. The van der Waals surface area contributed by atoms with Crippen LogP contribution < -0.4 is 4.74 Å². The summed E-state index contributed by atoms with van der Waals surface area (Å²) in [6.07, 6.45) is 1.23. The van der Waals surface area contributed by atoms with Crippen molar-refractivity contribution in [3.8, 4) is 5.75 Å². The highest BCUT2D eigenvalue weighted by Crippen LogP contribution is 2.22. The molecule has 2 rings (SSSR count). The third kappa shape index (κ3) is 2.98. The Labute approximate surface area is 110 Å². The van der Waals surface area contributed by atoms with Crippen molar-refractivity contribution in [1.29, 1.82) is 0 Å². The van der Waals surface area contributed by atoms with Crippen molar-refractivity contribution in [2.45, 2.75) is 32.8 Å². The van der Waals surface area contributed by atoms with Gasteiger partial charge in [-0.1, -0.05) is 30.6 Å². The molecule has 0 aliphatic rings. The minimum Gasteiger partial charge on any atom is -0.479 e. The fraction of sp³-hybridized carbons (Fsp3) is 0.417. The standard InChI is InChI=1S/C12H14ClN3O2/c1-7(2)11-15-12(18-16-11)8(3)17-9-4-5-10(13)14-6-9/h4-8H,1-3H3/t8-/m0/s1. The summed E-state index contributed by atoms with van der Waals surface area (Å²) in [5.41, 5.74) is 0. The van der Waals surface area contributed by atoms with Crippen molar-refractivity contribution >= 4 is 11.6 Å². The Bertz CT molecular complexity index is 510. The van der Waals surface area contributed by atoms with E-state index in [9.17, 15) is 0 Å². The van der Waals surface area contributed by atoms with Gasteiger partial charge in [-0.05, 0) is 19.1 Å². The molecule has 6 heteroatoms. The molecular formula is C12H14ClN3O2. The van der Waals surface area contributed by atoms with Crippen LogP contribution in [-0.4, -0.2) is 15.1 Å². The van der Waals surface area contributed by atoms with Gasteiger partial charge in [0.25, 0.3) is 5.89 Å². The first kappa shape index (κ1) is 12.8. The minimum absolute atomic E-state index is 0.229. The van der Waals surface area contributed by atoms with Gasteiger partial charge >= 0.3 is 0 Å². The Kier molecular flexibility index (Phi) is 3.81. The molecule has 0 amide bonds. The second kappa shape index (κ2) is 5.35. The number of aromatic nitrogens is 3. The van der Waals surface area contributed by atoms with Crippen molar-refractivity contribution in [2.24, 2.45) is 0 Å². The zero-order valence-corrected chi connectivity index (χ0v) is 11.2. The number of hydrogen-bond acceptors (Lipinski definition) is 5. The van der Waals surface area contributed by atoms with E-state index in [1.807, 2.05) is 20.8 Å². The second-order valence-electron chi connectivity index (χ2n) is 4.22. The maximum atomic E-state index is 5.70. The molecule has 0 N–H and O–H groups in total. The summed E-state index contributed by atoms with van der Waals surface area (Å²) in [5.74, 6) is 1.96. The molecular weight excluding hydrogens is 254 g/mol. The van der Waals surface area contributed by atoms with Gasteiger partial charge in [0.15, 0.2) is 11.9 Å². The van der Waals surface area contributed by atoms with Crippen molar-refractivity contribution in [3.05, 3.63) is 35.2 Å². The first-order valence-corrected chi connectivity index (χ1v) is 6.05. The lowest BCUT2D eigenvalue weighted by atomic mass is 10.2. The van der Waals surface area contributed by atoms with Gasteiger partial charge in [0.1, 0.15) is 10.9 Å². The fourth-order valence-corrected chi connectivity index (χ4v) is 1.45. The Morgan fingerprint density at radius 1 is 1.28 bits per heavy atom. The Balaban J connectivity index is 2.06. The van der Waals surface area contributed by atoms with Gasteiger partial charge in [0, 0.05) is 5.92 Å². The zero-order valence-electron chi connectivity index (χ0n) is 10.4. The van der Waals surface area contributed by atoms with E-state index < -0.39 is 0 Å². The summed E-state index contributed by atoms with van der Waals surface area (Å²) in [6, 6.07) is 3.41. The van der Waals surface area contributed by atoms with Gasteiger partial charge in [0.2, 0.25) is 0 Å².